The van der Waals surface area contributed by atoms with Gasteiger partial charge in [-0.3, -0.25) is 0 Å². The summed E-state index contributed by atoms with van der Waals surface area (Å²) in [5.74, 6) is -0.427. The van der Waals surface area contributed by atoms with E-state index in [0.29, 0.717) is 4.47 Å². The minimum absolute atomic E-state index is 0.144. The van der Waals surface area contributed by atoms with Crippen molar-refractivity contribution in [2.75, 3.05) is 0 Å². The van der Waals surface area contributed by atoms with Gasteiger partial charge < -0.3 is 0 Å². The minimum Gasteiger partial charge on any atom is -0.207 e. The Morgan fingerprint density at radius 3 is 2.79 bits per heavy atom. The molecule has 14 heavy (non-hydrogen) atoms. The van der Waals surface area contributed by atoms with E-state index in [1.165, 1.54) is 12.1 Å². The Bertz CT molecular complexity index is 357. The van der Waals surface area contributed by atoms with Crippen LogP contribution in [0.3, 0.4) is 0 Å². The van der Waals surface area contributed by atoms with Crippen LogP contribution in [0.15, 0.2) is 22.7 Å². The van der Waals surface area contributed by atoms with Crippen molar-refractivity contribution >= 4 is 15.9 Å². The maximum absolute atomic E-state index is 12.8. The first-order valence-electron chi connectivity index (χ1n) is 4.53. The van der Waals surface area contributed by atoms with Crippen molar-refractivity contribution in [2.24, 2.45) is 0 Å². The van der Waals surface area contributed by atoms with Crippen LogP contribution in [0.1, 0.15) is 31.2 Å². The maximum atomic E-state index is 12.8. The highest BCUT2D eigenvalue weighted by molar-refractivity contribution is 9.10. The molecule has 1 aromatic carbocycles. The highest BCUT2D eigenvalue weighted by Gasteiger charge is 2.12. The quantitative estimate of drug-likeness (QED) is 0.801. The Morgan fingerprint density at radius 2 is 2.29 bits per heavy atom. The number of halogens is 2. The molecular weight excluding hydrogens is 245 g/mol. The molecule has 0 bridgehead atoms. The summed E-state index contributed by atoms with van der Waals surface area (Å²) in [7, 11) is 0. The largest absolute Gasteiger partial charge is 0.207 e. The van der Waals surface area contributed by atoms with E-state index < -0.39 is 0 Å². The van der Waals surface area contributed by atoms with Gasteiger partial charge in [0.2, 0.25) is 0 Å². The zero-order valence-corrected chi connectivity index (χ0v) is 9.51. The summed E-state index contributed by atoms with van der Waals surface area (Å²) in [6.07, 6.45) is 1.75. The monoisotopic (exact) mass is 255 g/mol. The molecule has 0 aromatic heterocycles. The molecule has 1 unspecified atom stereocenters. The molecule has 0 saturated heterocycles. The number of hydrogen-bond acceptors (Lipinski definition) is 1. The van der Waals surface area contributed by atoms with E-state index in [4.69, 9.17) is 5.26 Å². The van der Waals surface area contributed by atoms with E-state index >= 15 is 0 Å². The second kappa shape index (κ2) is 5.11. The van der Waals surface area contributed by atoms with Crippen LogP contribution in [0.4, 0.5) is 4.39 Å². The van der Waals surface area contributed by atoms with Gasteiger partial charge in [-0.1, -0.05) is 35.3 Å². The fourth-order valence-electron chi connectivity index (χ4n) is 1.36. The molecule has 0 amide bonds. The highest BCUT2D eigenvalue weighted by atomic mass is 79.9. The number of nitrogens with zero attached hydrogens (tertiary/aromatic N) is 1. The summed E-state index contributed by atoms with van der Waals surface area (Å²) in [6.45, 7) is 2.03. The SMILES string of the molecule is CCCC(C#N)c1ccc(F)cc1Br. The van der Waals surface area contributed by atoms with Gasteiger partial charge >= 0.3 is 0 Å². The third-order valence-electron chi connectivity index (χ3n) is 2.07. The fourth-order valence-corrected chi connectivity index (χ4v) is 1.99. The first-order valence-corrected chi connectivity index (χ1v) is 5.33. The van der Waals surface area contributed by atoms with Gasteiger partial charge in [0.1, 0.15) is 5.82 Å². The average molecular weight is 256 g/mol. The molecule has 1 nitrogen and oxygen atoms in total. The van der Waals surface area contributed by atoms with Crippen LogP contribution in [0.5, 0.6) is 0 Å². The molecule has 0 spiro atoms. The molecule has 1 atom stereocenters. The fraction of sp³-hybridized carbons (Fsp3) is 0.364. The van der Waals surface area contributed by atoms with Crippen LogP contribution in [0, 0.1) is 17.1 Å². The molecule has 3 heteroatoms. The molecular formula is C11H11BrFN. The van der Waals surface area contributed by atoms with E-state index in [9.17, 15) is 4.39 Å². The topological polar surface area (TPSA) is 23.8 Å². The molecule has 0 N–H and O–H groups in total. The molecule has 0 heterocycles. The Kier molecular flexibility index (Phi) is 4.09. The highest BCUT2D eigenvalue weighted by Crippen LogP contribution is 2.28. The van der Waals surface area contributed by atoms with Crippen LogP contribution >= 0.6 is 15.9 Å². The molecule has 1 aromatic rings. The van der Waals surface area contributed by atoms with E-state index in [2.05, 4.69) is 22.0 Å². The van der Waals surface area contributed by atoms with Gasteiger partial charge in [-0.2, -0.15) is 5.26 Å². The molecule has 0 saturated carbocycles. The van der Waals surface area contributed by atoms with Crippen LogP contribution in [-0.2, 0) is 0 Å². The lowest BCUT2D eigenvalue weighted by molar-refractivity contribution is 0.624. The second-order valence-electron chi connectivity index (χ2n) is 3.14. The van der Waals surface area contributed by atoms with Gasteiger partial charge in [0.05, 0.1) is 12.0 Å². The summed E-state index contributed by atoms with van der Waals surface area (Å²) in [5.41, 5.74) is 0.871. The predicted molar refractivity (Wildman–Crippen MR) is 57.4 cm³/mol. The smallest absolute Gasteiger partial charge is 0.124 e. The van der Waals surface area contributed by atoms with Gasteiger partial charge in [-0.05, 0) is 24.1 Å². The lowest BCUT2D eigenvalue weighted by Crippen LogP contribution is -1.96. The zero-order chi connectivity index (χ0) is 10.6. The Labute approximate surface area is 91.7 Å². The molecule has 0 aliphatic carbocycles. The lowest BCUT2D eigenvalue weighted by Gasteiger charge is -2.09. The number of rotatable bonds is 3. The second-order valence-corrected chi connectivity index (χ2v) is 3.99. The van der Waals surface area contributed by atoms with Crippen LogP contribution in [0.25, 0.3) is 0 Å². The molecule has 0 aliphatic heterocycles. The summed E-state index contributed by atoms with van der Waals surface area (Å²) in [5, 5.41) is 8.94. The van der Waals surface area contributed by atoms with E-state index in [0.717, 1.165) is 18.4 Å². The summed E-state index contributed by atoms with van der Waals surface area (Å²) >= 11 is 3.27. The Hall–Kier alpha value is -0.880. The van der Waals surface area contributed by atoms with E-state index in [1.54, 1.807) is 6.07 Å². The molecule has 0 fully saturated rings. The zero-order valence-electron chi connectivity index (χ0n) is 7.93. The summed E-state index contributed by atoms with van der Waals surface area (Å²) < 4.78 is 13.5. The summed E-state index contributed by atoms with van der Waals surface area (Å²) in [6, 6.07) is 6.68. The van der Waals surface area contributed by atoms with Gasteiger partial charge in [-0.25, -0.2) is 4.39 Å². The normalized spacial score (nSPS) is 12.1. The van der Waals surface area contributed by atoms with Gasteiger partial charge in [0, 0.05) is 4.47 Å². The van der Waals surface area contributed by atoms with Gasteiger partial charge in [-0.15, -0.1) is 0 Å². The first kappa shape index (κ1) is 11.2. The van der Waals surface area contributed by atoms with Gasteiger partial charge in [0.25, 0.3) is 0 Å². The first-order chi connectivity index (χ1) is 6.69. The van der Waals surface area contributed by atoms with Crippen LogP contribution < -0.4 is 0 Å². The van der Waals surface area contributed by atoms with Gasteiger partial charge in [0.15, 0.2) is 0 Å². The number of hydrogen-bond donors (Lipinski definition) is 0. The van der Waals surface area contributed by atoms with Crippen LogP contribution in [0.2, 0.25) is 0 Å². The van der Waals surface area contributed by atoms with Crippen molar-refractivity contribution in [3.8, 4) is 6.07 Å². The van der Waals surface area contributed by atoms with E-state index in [-0.39, 0.29) is 11.7 Å². The minimum atomic E-state index is -0.284. The summed E-state index contributed by atoms with van der Waals surface area (Å²) in [4.78, 5) is 0. The predicted octanol–water partition coefficient (Wildman–Crippen LogP) is 4.00. The van der Waals surface area contributed by atoms with E-state index in [1.807, 2.05) is 6.92 Å². The Morgan fingerprint density at radius 1 is 1.57 bits per heavy atom. The lowest BCUT2D eigenvalue weighted by atomic mass is 9.96. The average Bonchev–Trinajstić information content (AvgIpc) is 2.15. The third kappa shape index (κ3) is 2.55. The molecule has 0 radical (unpaired) electrons. The molecule has 0 aliphatic rings. The third-order valence-corrected chi connectivity index (χ3v) is 2.76. The van der Waals surface area contributed by atoms with Crippen molar-refractivity contribution < 1.29 is 4.39 Å². The molecule has 74 valence electrons. The Balaban J connectivity index is 3.00. The van der Waals surface area contributed by atoms with Crippen molar-refractivity contribution in [3.05, 3.63) is 34.1 Å². The molecule has 1 rings (SSSR count). The van der Waals surface area contributed by atoms with Crippen molar-refractivity contribution in [1.82, 2.24) is 0 Å². The van der Waals surface area contributed by atoms with Crippen molar-refractivity contribution in [1.29, 1.82) is 5.26 Å². The van der Waals surface area contributed by atoms with Crippen LogP contribution in [-0.4, -0.2) is 0 Å². The number of nitriles is 1. The van der Waals surface area contributed by atoms with Crippen molar-refractivity contribution in [2.45, 2.75) is 25.7 Å². The maximum Gasteiger partial charge on any atom is 0.124 e. The standard InChI is InChI=1S/C11H11BrFN/c1-2-3-8(7-14)10-5-4-9(13)6-11(10)12/h4-6,8H,2-3H2,1H3. The van der Waals surface area contributed by atoms with Crippen molar-refractivity contribution in [3.63, 3.8) is 0 Å². The number of benzene rings is 1.